The first kappa shape index (κ1) is 37.3. The molecule has 48 heavy (non-hydrogen) atoms. The van der Waals surface area contributed by atoms with E-state index in [4.69, 9.17) is 0 Å². The molecule has 0 unspecified atom stereocenters. The number of nitrogens with one attached hydrogen (secondary N) is 4. The third-order valence-corrected chi connectivity index (χ3v) is 9.24. The molecule has 0 spiro atoms. The molecule has 266 valence electrons. The van der Waals surface area contributed by atoms with E-state index in [9.17, 15) is 37.2 Å². The van der Waals surface area contributed by atoms with Crippen molar-refractivity contribution in [2.75, 3.05) is 17.7 Å². The number of amides is 4. The average Bonchev–Trinajstić information content (AvgIpc) is 3.50. The maximum atomic E-state index is 13.4. The SMILES string of the molecule is CCC(CC)CNC(=O)Cn1cccc(NC(=O)[C@H](CCC(=O)C(=O)NCS(=O)(=O)c2ccc(C)cc2)NC(=O)c2cncn2C)c1=O.[HH].[HH].[HH].[HH]. The lowest BCUT2D eigenvalue weighted by Gasteiger charge is -2.19. The molecule has 0 saturated heterocycles. The minimum Gasteiger partial charge on any atom is -0.354 e. The zero-order valence-electron chi connectivity index (χ0n) is 27.3. The third-order valence-electron chi connectivity index (χ3n) is 7.72. The van der Waals surface area contributed by atoms with Crippen LogP contribution in [0.2, 0.25) is 0 Å². The number of imidazole rings is 1. The maximum Gasteiger partial charge on any atom is 0.288 e. The van der Waals surface area contributed by atoms with Crippen LogP contribution in [-0.4, -0.2) is 70.4 Å². The van der Waals surface area contributed by atoms with E-state index in [0.29, 0.717) is 12.5 Å². The predicted molar refractivity (Wildman–Crippen MR) is 185 cm³/mol. The van der Waals surface area contributed by atoms with Crippen LogP contribution in [0.1, 0.15) is 61.3 Å². The summed E-state index contributed by atoms with van der Waals surface area (Å²) in [6.07, 6.45) is 4.90. The highest BCUT2D eigenvalue weighted by atomic mass is 32.2. The van der Waals surface area contributed by atoms with Crippen LogP contribution in [0.25, 0.3) is 0 Å². The van der Waals surface area contributed by atoms with Gasteiger partial charge < -0.3 is 30.4 Å². The van der Waals surface area contributed by atoms with Crippen molar-refractivity contribution in [3.8, 4) is 0 Å². The van der Waals surface area contributed by atoms with Gasteiger partial charge in [-0.25, -0.2) is 13.4 Å². The molecule has 4 N–H and O–H groups in total. The van der Waals surface area contributed by atoms with Gasteiger partial charge in [0.1, 0.15) is 29.8 Å². The zero-order valence-corrected chi connectivity index (χ0v) is 28.1. The van der Waals surface area contributed by atoms with Gasteiger partial charge in [-0.05, 0) is 43.5 Å². The molecule has 3 aromatic rings. The van der Waals surface area contributed by atoms with Crippen molar-refractivity contribution in [1.29, 1.82) is 0 Å². The Morgan fingerprint density at radius 3 is 2.31 bits per heavy atom. The van der Waals surface area contributed by atoms with Crippen molar-refractivity contribution >= 4 is 44.9 Å². The summed E-state index contributed by atoms with van der Waals surface area (Å²) in [5.41, 5.74) is 0.0843. The lowest BCUT2D eigenvalue weighted by Crippen LogP contribution is -2.46. The second-order valence-electron chi connectivity index (χ2n) is 11.3. The summed E-state index contributed by atoms with van der Waals surface area (Å²) in [6, 6.07) is 7.36. The van der Waals surface area contributed by atoms with E-state index in [1.165, 1.54) is 47.6 Å². The molecule has 0 aliphatic carbocycles. The summed E-state index contributed by atoms with van der Waals surface area (Å²) in [5, 5.41) is 9.84. The molecule has 16 heteroatoms. The highest BCUT2D eigenvalue weighted by Crippen LogP contribution is 2.12. The molecular formula is C32H49N7O8S. The number of benzene rings is 1. The van der Waals surface area contributed by atoms with Gasteiger partial charge in [0, 0.05) is 31.9 Å². The Balaban J connectivity index is 0. The smallest absolute Gasteiger partial charge is 0.288 e. The Morgan fingerprint density at radius 1 is 1.00 bits per heavy atom. The molecule has 15 nitrogen and oxygen atoms in total. The quantitative estimate of drug-likeness (QED) is 0.153. The molecule has 1 atom stereocenters. The Labute approximate surface area is 284 Å². The van der Waals surface area contributed by atoms with Crippen molar-refractivity contribution < 1.29 is 38.1 Å². The molecule has 2 heterocycles. The lowest BCUT2D eigenvalue weighted by molar-refractivity contribution is -0.137. The van der Waals surface area contributed by atoms with Gasteiger partial charge >= 0.3 is 0 Å². The van der Waals surface area contributed by atoms with Crippen molar-refractivity contribution in [1.82, 2.24) is 30.1 Å². The summed E-state index contributed by atoms with van der Waals surface area (Å²) in [7, 11) is -2.37. The molecule has 0 bridgehead atoms. The number of ketones is 1. The van der Waals surface area contributed by atoms with Crippen molar-refractivity contribution in [2.45, 2.75) is 63.9 Å². The number of hydrogen-bond acceptors (Lipinski definition) is 9. The Bertz CT molecular complexity index is 1820. The second kappa shape index (κ2) is 17.2. The lowest BCUT2D eigenvalue weighted by atomic mass is 10.0. The highest BCUT2D eigenvalue weighted by molar-refractivity contribution is 7.91. The summed E-state index contributed by atoms with van der Waals surface area (Å²) < 4.78 is 27.7. The average molecular weight is 692 g/mol. The molecule has 0 aliphatic heterocycles. The zero-order chi connectivity index (χ0) is 35.4. The number of carbonyl (C=O) groups excluding carboxylic acids is 5. The first-order chi connectivity index (χ1) is 22.7. The summed E-state index contributed by atoms with van der Waals surface area (Å²) in [6.45, 7) is 6.01. The Hall–Kier alpha value is -5.12. The fourth-order valence-electron chi connectivity index (χ4n) is 4.58. The van der Waals surface area contributed by atoms with E-state index in [2.05, 4.69) is 26.3 Å². The van der Waals surface area contributed by atoms with Crippen LogP contribution >= 0.6 is 0 Å². The first-order valence-electron chi connectivity index (χ1n) is 15.4. The van der Waals surface area contributed by atoms with E-state index >= 15 is 0 Å². The second-order valence-corrected chi connectivity index (χ2v) is 13.3. The number of aromatic nitrogens is 3. The number of carbonyl (C=O) groups is 5. The van der Waals surface area contributed by atoms with Gasteiger partial charge in [0.25, 0.3) is 17.4 Å². The minimum atomic E-state index is -3.93. The van der Waals surface area contributed by atoms with Gasteiger partial charge in [0.15, 0.2) is 9.84 Å². The molecule has 4 amide bonds. The van der Waals surface area contributed by atoms with Crippen LogP contribution in [0.15, 0.2) is 64.8 Å². The van der Waals surface area contributed by atoms with Gasteiger partial charge in [-0.15, -0.1) is 0 Å². The number of pyridine rings is 1. The monoisotopic (exact) mass is 691 g/mol. The molecule has 0 aliphatic rings. The van der Waals surface area contributed by atoms with Crippen LogP contribution in [-0.2, 0) is 42.6 Å². The largest absolute Gasteiger partial charge is 0.354 e. The fraction of sp³-hybridized carbons (Fsp3) is 0.406. The Kier molecular flexibility index (Phi) is 13.3. The van der Waals surface area contributed by atoms with Crippen LogP contribution in [0, 0.1) is 12.8 Å². The Morgan fingerprint density at radius 2 is 1.69 bits per heavy atom. The van der Waals surface area contributed by atoms with E-state index in [-0.39, 0.29) is 40.9 Å². The van der Waals surface area contributed by atoms with Crippen molar-refractivity contribution in [3.05, 3.63) is 76.7 Å². The third kappa shape index (κ3) is 10.4. The maximum absolute atomic E-state index is 13.4. The molecule has 2 aromatic heterocycles. The van der Waals surface area contributed by atoms with Crippen LogP contribution < -0.4 is 26.8 Å². The predicted octanol–water partition coefficient (Wildman–Crippen LogP) is 2.06. The molecular weight excluding hydrogens is 642 g/mol. The van der Waals surface area contributed by atoms with Gasteiger partial charge in [-0.1, -0.05) is 44.4 Å². The van der Waals surface area contributed by atoms with E-state index < -0.39 is 57.2 Å². The van der Waals surface area contributed by atoms with Gasteiger partial charge in [-0.2, -0.15) is 0 Å². The normalized spacial score (nSPS) is 11.9. The van der Waals surface area contributed by atoms with Crippen molar-refractivity contribution in [2.24, 2.45) is 13.0 Å². The summed E-state index contributed by atoms with van der Waals surface area (Å²) in [4.78, 5) is 80.9. The van der Waals surface area contributed by atoms with E-state index in [1.54, 1.807) is 26.1 Å². The first-order valence-corrected chi connectivity index (χ1v) is 17.1. The summed E-state index contributed by atoms with van der Waals surface area (Å²) >= 11 is 0. The number of nitrogens with zero attached hydrogens (tertiary/aromatic N) is 3. The molecule has 0 radical (unpaired) electrons. The van der Waals surface area contributed by atoms with Gasteiger partial charge in [0.2, 0.25) is 17.6 Å². The van der Waals surface area contributed by atoms with Gasteiger partial charge in [-0.3, -0.25) is 28.8 Å². The number of rotatable bonds is 17. The topological polar surface area (TPSA) is 207 Å². The molecule has 1 aromatic carbocycles. The molecule has 0 fully saturated rings. The molecule has 3 rings (SSSR count). The van der Waals surface area contributed by atoms with Crippen molar-refractivity contribution in [3.63, 3.8) is 0 Å². The van der Waals surface area contributed by atoms with E-state index in [0.717, 1.165) is 23.0 Å². The number of hydrogen-bond donors (Lipinski definition) is 4. The highest BCUT2D eigenvalue weighted by Gasteiger charge is 2.27. The fourth-order valence-corrected chi connectivity index (χ4v) is 5.62. The number of sulfone groups is 1. The number of Topliss-reactive ketones (excluding diaryl/α,β-unsaturated/α-hetero) is 1. The van der Waals surface area contributed by atoms with Crippen LogP contribution in [0.3, 0.4) is 0 Å². The number of aryl methyl sites for hydroxylation is 2. The molecule has 0 saturated carbocycles. The van der Waals surface area contributed by atoms with Crippen LogP contribution in [0.4, 0.5) is 5.69 Å². The number of anilines is 1. The van der Waals surface area contributed by atoms with Crippen LogP contribution in [0.5, 0.6) is 0 Å². The summed E-state index contributed by atoms with van der Waals surface area (Å²) in [5.74, 6) is -4.68. The minimum absolute atomic E-state index is 0. The van der Waals surface area contributed by atoms with E-state index in [1.807, 2.05) is 13.8 Å². The van der Waals surface area contributed by atoms with Gasteiger partial charge in [0.05, 0.1) is 17.4 Å². The standard InChI is InChI=1S/C32H41N7O8S.4H2/c1-5-22(6-2)16-34-28(41)18-39-15-7-8-25(32(39)45)37-29(42)24(36-30(43)26-17-33-19-38(26)4)13-14-27(40)31(44)35-20-48(46,47)23-11-9-21(3)10-12-23;;;;/h7-12,15,17,19,22,24H,5-6,13-14,16,18,20H2,1-4H3,(H,34,41)(H,35,44)(H,36,43)(H,37,42);4*1H/t24-;;;;/m0..../s1.